The number of para-hydroxylation sites is 1. The van der Waals surface area contributed by atoms with E-state index in [9.17, 15) is 9.90 Å². The van der Waals surface area contributed by atoms with Gasteiger partial charge in [-0.3, -0.25) is 9.69 Å². The minimum Gasteiger partial charge on any atom is -0.491 e. The molecule has 1 heterocycles. The summed E-state index contributed by atoms with van der Waals surface area (Å²) < 4.78 is 5.79. The van der Waals surface area contributed by atoms with E-state index in [0.717, 1.165) is 17.9 Å². The number of carbonyl (C=O) groups excluding carboxylic acids is 1. The first-order valence-corrected chi connectivity index (χ1v) is 7.95. The van der Waals surface area contributed by atoms with Crippen molar-refractivity contribution in [1.82, 2.24) is 10.2 Å². The van der Waals surface area contributed by atoms with E-state index in [1.165, 1.54) is 0 Å². The lowest BCUT2D eigenvalue weighted by molar-refractivity contribution is -0.120. The summed E-state index contributed by atoms with van der Waals surface area (Å²) in [6.07, 6.45) is -0.0718. The average molecular weight is 306 g/mol. The molecular formula is C17H26N2O3. The molecule has 1 aliphatic heterocycles. The second-order valence-corrected chi connectivity index (χ2v) is 6.06. The predicted octanol–water partition coefficient (Wildman–Crippen LogP) is 1.37. The molecule has 0 radical (unpaired) electrons. The van der Waals surface area contributed by atoms with Gasteiger partial charge in [0.15, 0.2) is 0 Å². The number of carbonyl (C=O) groups is 1. The fourth-order valence-corrected chi connectivity index (χ4v) is 2.62. The first-order chi connectivity index (χ1) is 10.6. The number of nitrogens with one attached hydrogen (secondary N) is 1. The third-order valence-corrected chi connectivity index (χ3v) is 3.85. The van der Waals surface area contributed by atoms with Crippen molar-refractivity contribution in [1.29, 1.82) is 0 Å². The van der Waals surface area contributed by atoms with Gasteiger partial charge in [-0.2, -0.15) is 0 Å². The van der Waals surface area contributed by atoms with Gasteiger partial charge in [0.1, 0.15) is 18.5 Å². The van der Waals surface area contributed by atoms with Crippen molar-refractivity contribution in [2.45, 2.75) is 32.3 Å². The van der Waals surface area contributed by atoms with Gasteiger partial charge in [0, 0.05) is 32.6 Å². The van der Waals surface area contributed by atoms with Crippen LogP contribution in [0.15, 0.2) is 24.3 Å². The normalized spacial score (nSPS) is 17.9. The topological polar surface area (TPSA) is 61.8 Å². The van der Waals surface area contributed by atoms with Crippen LogP contribution in [0.3, 0.4) is 0 Å². The van der Waals surface area contributed by atoms with Gasteiger partial charge in [0.05, 0.1) is 0 Å². The minimum absolute atomic E-state index is 0.0825. The summed E-state index contributed by atoms with van der Waals surface area (Å²) in [6.45, 7) is 7.14. The lowest BCUT2D eigenvalue weighted by atomic mass is 10.0. The largest absolute Gasteiger partial charge is 0.491 e. The molecule has 22 heavy (non-hydrogen) atoms. The lowest BCUT2D eigenvalue weighted by Gasteiger charge is -2.23. The molecule has 2 rings (SSSR count). The molecule has 1 atom stereocenters. The molecule has 2 N–H and O–H groups in total. The Hall–Kier alpha value is -1.59. The van der Waals surface area contributed by atoms with Crippen LogP contribution in [0.4, 0.5) is 0 Å². The van der Waals surface area contributed by atoms with Crippen LogP contribution in [-0.4, -0.2) is 54.8 Å². The number of benzene rings is 1. The third-order valence-electron chi connectivity index (χ3n) is 3.85. The summed E-state index contributed by atoms with van der Waals surface area (Å²) in [6, 6.07) is 7.94. The third kappa shape index (κ3) is 5.00. The van der Waals surface area contributed by atoms with Crippen molar-refractivity contribution < 1.29 is 14.6 Å². The molecule has 5 nitrogen and oxygen atoms in total. The molecule has 1 aromatic carbocycles. The summed E-state index contributed by atoms with van der Waals surface area (Å²) in [7, 11) is 0. The zero-order valence-corrected chi connectivity index (χ0v) is 13.4. The number of amides is 1. The van der Waals surface area contributed by atoms with Crippen LogP contribution in [0.25, 0.3) is 0 Å². The number of aliphatic hydroxyl groups is 1. The average Bonchev–Trinajstić information content (AvgIpc) is 2.70. The smallest absolute Gasteiger partial charge is 0.221 e. The van der Waals surface area contributed by atoms with E-state index < -0.39 is 6.10 Å². The number of aliphatic hydroxyl groups excluding tert-OH is 1. The number of hydrogen-bond donors (Lipinski definition) is 2. The molecule has 1 saturated heterocycles. The summed E-state index contributed by atoms with van der Waals surface area (Å²) >= 11 is 0. The Balaban J connectivity index is 1.82. The van der Waals surface area contributed by atoms with E-state index in [1.54, 1.807) is 0 Å². The summed E-state index contributed by atoms with van der Waals surface area (Å²) in [5.74, 6) is 1.30. The molecule has 0 aromatic heterocycles. The lowest BCUT2D eigenvalue weighted by Crippen LogP contribution is -2.37. The van der Waals surface area contributed by atoms with Crippen molar-refractivity contribution in [2.75, 3.05) is 32.8 Å². The molecule has 5 heteroatoms. The van der Waals surface area contributed by atoms with Gasteiger partial charge in [-0.1, -0.05) is 32.0 Å². The Kier molecular flexibility index (Phi) is 6.21. The molecule has 1 fully saturated rings. The molecule has 1 unspecified atom stereocenters. The van der Waals surface area contributed by atoms with Gasteiger partial charge < -0.3 is 15.2 Å². The van der Waals surface area contributed by atoms with E-state index in [-0.39, 0.29) is 12.5 Å². The Labute approximate surface area is 132 Å². The van der Waals surface area contributed by atoms with Crippen LogP contribution in [-0.2, 0) is 4.79 Å². The highest BCUT2D eigenvalue weighted by molar-refractivity contribution is 5.76. The highest BCUT2D eigenvalue weighted by atomic mass is 16.5. The minimum atomic E-state index is -0.562. The van der Waals surface area contributed by atoms with Crippen molar-refractivity contribution in [3.8, 4) is 5.75 Å². The molecule has 0 spiro atoms. The first kappa shape index (κ1) is 16.8. The Morgan fingerprint density at radius 1 is 1.32 bits per heavy atom. The highest BCUT2D eigenvalue weighted by Crippen LogP contribution is 2.25. The van der Waals surface area contributed by atoms with Crippen LogP contribution < -0.4 is 10.1 Å². The van der Waals surface area contributed by atoms with Crippen molar-refractivity contribution in [3.05, 3.63) is 29.8 Å². The van der Waals surface area contributed by atoms with Gasteiger partial charge in [0.2, 0.25) is 5.91 Å². The van der Waals surface area contributed by atoms with E-state index in [4.69, 9.17) is 4.74 Å². The van der Waals surface area contributed by atoms with Crippen molar-refractivity contribution >= 4 is 5.91 Å². The standard InChI is InChI=1S/C17H26N2O3/c1-13(2)15-5-3-4-6-16(15)22-12-14(20)11-19-9-7-17(21)18-8-10-19/h3-6,13-14,20H,7-12H2,1-2H3,(H,18,21). The van der Waals surface area contributed by atoms with Crippen LogP contribution in [0.5, 0.6) is 5.75 Å². The number of β-amino-alcohol motifs (C(OH)–C–C–N with tert-alkyl or cyclic N) is 1. The van der Waals surface area contributed by atoms with Crippen LogP contribution >= 0.6 is 0 Å². The van der Waals surface area contributed by atoms with Crippen LogP contribution in [0, 0.1) is 0 Å². The van der Waals surface area contributed by atoms with E-state index >= 15 is 0 Å². The van der Waals surface area contributed by atoms with E-state index in [1.807, 2.05) is 18.2 Å². The van der Waals surface area contributed by atoms with Gasteiger partial charge >= 0.3 is 0 Å². The molecule has 1 aliphatic rings. The SMILES string of the molecule is CC(C)c1ccccc1OCC(O)CN1CCNC(=O)CC1. The number of ether oxygens (including phenoxy) is 1. The predicted molar refractivity (Wildman–Crippen MR) is 86.1 cm³/mol. The maximum Gasteiger partial charge on any atom is 0.221 e. The second kappa shape index (κ2) is 8.15. The number of nitrogens with zero attached hydrogens (tertiary/aromatic N) is 1. The maximum atomic E-state index is 11.3. The molecule has 0 saturated carbocycles. The number of rotatable bonds is 6. The van der Waals surface area contributed by atoms with Gasteiger partial charge in [-0.25, -0.2) is 0 Å². The molecule has 1 amide bonds. The summed E-state index contributed by atoms with van der Waals surface area (Å²) in [5, 5.41) is 13.0. The van der Waals surface area contributed by atoms with Gasteiger partial charge in [-0.05, 0) is 17.5 Å². The van der Waals surface area contributed by atoms with Gasteiger partial charge in [-0.15, -0.1) is 0 Å². The van der Waals surface area contributed by atoms with Crippen molar-refractivity contribution in [3.63, 3.8) is 0 Å². The fourth-order valence-electron chi connectivity index (χ4n) is 2.62. The van der Waals surface area contributed by atoms with E-state index in [2.05, 4.69) is 30.1 Å². The maximum absolute atomic E-state index is 11.3. The molecule has 122 valence electrons. The molecule has 1 aromatic rings. The van der Waals surface area contributed by atoms with E-state index in [0.29, 0.717) is 32.0 Å². The Bertz CT molecular complexity index is 491. The summed E-state index contributed by atoms with van der Waals surface area (Å²) in [5.41, 5.74) is 1.15. The zero-order chi connectivity index (χ0) is 15.9. The number of hydrogen-bond acceptors (Lipinski definition) is 4. The molecule has 0 bridgehead atoms. The zero-order valence-electron chi connectivity index (χ0n) is 13.4. The van der Waals surface area contributed by atoms with Crippen LogP contribution in [0.2, 0.25) is 0 Å². The Morgan fingerprint density at radius 3 is 2.86 bits per heavy atom. The fraction of sp³-hybridized carbons (Fsp3) is 0.588. The second-order valence-electron chi connectivity index (χ2n) is 6.06. The first-order valence-electron chi connectivity index (χ1n) is 7.95. The highest BCUT2D eigenvalue weighted by Gasteiger charge is 2.17. The Morgan fingerprint density at radius 2 is 2.09 bits per heavy atom. The monoisotopic (exact) mass is 306 g/mol. The van der Waals surface area contributed by atoms with Crippen molar-refractivity contribution in [2.24, 2.45) is 0 Å². The molecular weight excluding hydrogens is 280 g/mol. The quantitative estimate of drug-likeness (QED) is 0.833. The van der Waals surface area contributed by atoms with Crippen LogP contribution in [0.1, 0.15) is 31.7 Å². The molecule has 0 aliphatic carbocycles. The van der Waals surface area contributed by atoms with Gasteiger partial charge in [0.25, 0.3) is 0 Å². The summed E-state index contributed by atoms with van der Waals surface area (Å²) in [4.78, 5) is 13.4.